The smallest absolute Gasteiger partial charge is 0.123 e. The summed E-state index contributed by atoms with van der Waals surface area (Å²) in [6.07, 6.45) is 1.95. The van der Waals surface area contributed by atoms with Crippen LogP contribution in [-0.4, -0.2) is 27.8 Å². The summed E-state index contributed by atoms with van der Waals surface area (Å²) in [6, 6.07) is 46.1. The van der Waals surface area contributed by atoms with Gasteiger partial charge in [-0.05, 0) is 35.7 Å². The van der Waals surface area contributed by atoms with E-state index in [1.807, 2.05) is 79.0 Å². The molecule has 8 rings (SSSR count). The molecule has 0 N–H and O–H groups in total. The molecule has 8 aromatic rings. The van der Waals surface area contributed by atoms with E-state index in [0.29, 0.717) is 5.56 Å². The average molecular weight is 840 g/mol. The first-order valence-corrected chi connectivity index (χ1v) is 22.3. The van der Waals surface area contributed by atoms with Crippen LogP contribution in [0.1, 0.15) is 9.68 Å². The Kier molecular flexibility index (Phi) is 8.03. The molecule has 5 aromatic carbocycles. The van der Waals surface area contributed by atoms with Crippen LogP contribution >= 0.6 is 0 Å². The SMILES string of the molecule is [2H]C([2H])([2H])c1c[c-]c(-c2cc[c]([Ge]([CH3])([CH3])[CH3])cn2)cc1.[Ir].[c-]1cc2c(cc1-c1nc3ccccc3n1-c1ccccc1)oc1ccccc12. The van der Waals surface area contributed by atoms with Crippen LogP contribution in [0.3, 0.4) is 0 Å². The molecular weight excluding hydrogens is 803 g/mol. The Bertz CT molecular complexity index is 2310. The van der Waals surface area contributed by atoms with Gasteiger partial charge in [-0.1, -0.05) is 60.0 Å². The molecule has 0 fully saturated rings. The van der Waals surface area contributed by atoms with Crippen molar-refractivity contribution in [3.63, 3.8) is 0 Å². The fourth-order valence-electron chi connectivity index (χ4n) is 5.42. The van der Waals surface area contributed by atoms with Crippen molar-refractivity contribution >= 4 is 50.6 Å². The van der Waals surface area contributed by atoms with Crippen molar-refractivity contribution in [2.24, 2.45) is 0 Å². The van der Waals surface area contributed by atoms with Gasteiger partial charge in [0, 0.05) is 25.8 Å². The number of rotatable bonds is 4. The van der Waals surface area contributed by atoms with Crippen LogP contribution in [0, 0.1) is 19.0 Å². The second-order valence-corrected chi connectivity index (χ2v) is 22.6. The summed E-state index contributed by atoms with van der Waals surface area (Å²) in [5.41, 5.74) is 7.71. The van der Waals surface area contributed by atoms with Gasteiger partial charge in [-0.3, -0.25) is 4.98 Å². The van der Waals surface area contributed by atoms with Crippen molar-refractivity contribution < 1.29 is 28.6 Å². The number of furan rings is 1. The monoisotopic (exact) mass is 841 g/mol. The van der Waals surface area contributed by atoms with E-state index >= 15 is 0 Å². The third kappa shape index (κ3) is 6.36. The number of aryl methyl sites for hydroxylation is 1. The van der Waals surface area contributed by atoms with Crippen molar-refractivity contribution in [2.75, 3.05) is 0 Å². The van der Waals surface area contributed by atoms with Gasteiger partial charge < -0.3 is 8.98 Å². The molecule has 0 unspecified atom stereocenters. The van der Waals surface area contributed by atoms with E-state index in [2.05, 4.69) is 69.3 Å². The molecule has 46 heavy (non-hydrogen) atoms. The van der Waals surface area contributed by atoms with Crippen molar-refractivity contribution in [3.8, 4) is 28.3 Å². The van der Waals surface area contributed by atoms with Gasteiger partial charge in [-0.2, -0.15) is 0 Å². The number of imidazole rings is 1. The number of benzene rings is 5. The number of aromatic nitrogens is 3. The quantitative estimate of drug-likeness (QED) is 0.131. The summed E-state index contributed by atoms with van der Waals surface area (Å²) < 4.78 is 31.7. The van der Waals surface area contributed by atoms with Gasteiger partial charge in [0.15, 0.2) is 0 Å². The molecule has 0 amide bonds. The van der Waals surface area contributed by atoms with Crippen LogP contribution in [0.4, 0.5) is 0 Å². The molecule has 0 bridgehead atoms. The maximum atomic E-state index is 7.35. The first-order valence-electron chi connectivity index (χ1n) is 16.4. The molecule has 0 spiro atoms. The second-order valence-electron chi connectivity index (χ2n) is 12.0. The molecule has 1 radical (unpaired) electrons. The van der Waals surface area contributed by atoms with Crippen molar-refractivity contribution in [1.82, 2.24) is 14.5 Å². The number of pyridine rings is 1. The minimum atomic E-state index is -2.08. The van der Waals surface area contributed by atoms with E-state index in [9.17, 15) is 0 Å². The van der Waals surface area contributed by atoms with E-state index in [1.165, 1.54) is 10.5 Å². The third-order valence-corrected chi connectivity index (χ3v) is 12.1. The van der Waals surface area contributed by atoms with Crippen LogP contribution in [0.5, 0.6) is 0 Å². The standard InChI is InChI=1S/C25H15N2O.C15H18GeN.Ir/c1-2-8-18(9-3-1)27-22-12-6-5-11-21(22)26-25(27)17-14-15-20-19-10-4-7-13-23(19)28-24(20)16-17;1-12-5-7-13(8-6-12)15-10-9-14(11-17-15)16(2,3)4;/h1-13,15-16H;5-7,9-11H,1-4H3;/q2*-1;/i;1D3;. The maximum Gasteiger partial charge on any atom is 0.123 e. The predicted octanol–water partition coefficient (Wildman–Crippen LogP) is 9.79. The fourth-order valence-corrected chi connectivity index (χ4v) is 7.59. The Labute approximate surface area is 290 Å². The first kappa shape index (κ1) is 28.0. The zero-order valence-corrected chi connectivity index (χ0v) is 30.2. The average Bonchev–Trinajstić information content (AvgIpc) is 3.67. The third-order valence-electron chi connectivity index (χ3n) is 7.84. The number of nitrogens with zero attached hydrogens (tertiary/aromatic N) is 3. The molecule has 0 aliphatic rings. The summed E-state index contributed by atoms with van der Waals surface area (Å²) in [6.45, 7) is -2.08. The van der Waals surface area contributed by atoms with Crippen LogP contribution in [0.25, 0.3) is 61.3 Å². The number of fused-ring (bicyclic) bond motifs is 4. The largest absolute Gasteiger partial charge is 0.476 e. The molecule has 0 aliphatic heterocycles. The molecular formula is C40H33GeIrN3O-2. The Balaban J connectivity index is 0.000000177. The van der Waals surface area contributed by atoms with Crippen molar-refractivity contribution in [2.45, 2.75) is 24.1 Å². The van der Waals surface area contributed by atoms with E-state index in [0.717, 1.165) is 61.3 Å². The van der Waals surface area contributed by atoms with Gasteiger partial charge in [0.05, 0.1) is 22.4 Å². The maximum absolute atomic E-state index is 7.35. The molecule has 4 nitrogen and oxygen atoms in total. The van der Waals surface area contributed by atoms with Gasteiger partial charge in [-0.15, -0.1) is 17.7 Å². The van der Waals surface area contributed by atoms with Crippen LogP contribution in [-0.2, 0) is 20.1 Å². The summed E-state index contributed by atoms with van der Waals surface area (Å²) in [7, 11) is 0. The second kappa shape index (κ2) is 13.2. The summed E-state index contributed by atoms with van der Waals surface area (Å²) in [5.74, 6) is 7.84. The zero-order valence-electron chi connectivity index (χ0n) is 28.7. The van der Waals surface area contributed by atoms with E-state index in [1.54, 1.807) is 12.1 Å². The molecule has 0 aliphatic carbocycles. The Hall–Kier alpha value is -4.29. The normalized spacial score (nSPS) is 12.5. The minimum Gasteiger partial charge on any atom is -0.476 e. The molecule has 3 aromatic heterocycles. The Morgan fingerprint density at radius 1 is 0.739 bits per heavy atom. The van der Waals surface area contributed by atoms with Gasteiger partial charge in [-0.25, -0.2) is 0 Å². The van der Waals surface area contributed by atoms with Gasteiger partial charge in [0.25, 0.3) is 0 Å². The van der Waals surface area contributed by atoms with E-state index in [4.69, 9.17) is 13.5 Å². The summed E-state index contributed by atoms with van der Waals surface area (Å²) in [4.78, 5) is 9.39. The van der Waals surface area contributed by atoms with Crippen molar-refractivity contribution in [3.05, 3.63) is 145 Å². The molecule has 0 saturated heterocycles. The van der Waals surface area contributed by atoms with Gasteiger partial charge in [0.1, 0.15) is 5.58 Å². The zero-order chi connectivity index (χ0) is 33.5. The van der Waals surface area contributed by atoms with Crippen molar-refractivity contribution in [1.29, 1.82) is 0 Å². The topological polar surface area (TPSA) is 43.9 Å². The van der Waals surface area contributed by atoms with Crippen LogP contribution < -0.4 is 4.40 Å². The van der Waals surface area contributed by atoms with Crippen LogP contribution in [0.2, 0.25) is 17.3 Å². The van der Waals surface area contributed by atoms with Crippen LogP contribution in [0.15, 0.2) is 132 Å². The van der Waals surface area contributed by atoms with E-state index in [-0.39, 0.29) is 20.1 Å². The number of hydrogen-bond donors (Lipinski definition) is 0. The molecule has 3 heterocycles. The first-order chi connectivity index (χ1) is 23.1. The summed E-state index contributed by atoms with van der Waals surface area (Å²) in [5, 5.41) is 2.18. The molecule has 229 valence electrons. The minimum absolute atomic E-state index is 0. The molecule has 0 saturated carbocycles. The van der Waals surface area contributed by atoms with E-state index < -0.39 is 20.1 Å². The Morgan fingerprint density at radius 2 is 1.50 bits per heavy atom. The van der Waals surface area contributed by atoms with Gasteiger partial charge >= 0.3 is 110 Å². The molecule has 0 atom stereocenters. The molecule has 6 heteroatoms. The summed E-state index contributed by atoms with van der Waals surface area (Å²) >= 11 is -1.83. The fraction of sp³-hybridized carbons (Fsp3) is 0.100. The van der Waals surface area contributed by atoms with Gasteiger partial charge in [0.2, 0.25) is 0 Å². The number of para-hydroxylation sites is 4. The number of hydrogen-bond acceptors (Lipinski definition) is 3. The Morgan fingerprint density at radius 3 is 2.24 bits per heavy atom. The predicted molar refractivity (Wildman–Crippen MR) is 189 cm³/mol.